The van der Waals surface area contributed by atoms with Crippen molar-refractivity contribution in [2.24, 2.45) is 0 Å². The van der Waals surface area contributed by atoms with Crippen molar-refractivity contribution < 1.29 is 0 Å². The predicted octanol–water partition coefficient (Wildman–Crippen LogP) is 3.70. The van der Waals surface area contributed by atoms with E-state index in [2.05, 4.69) is 35.5 Å². The maximum Gasteiger partial charge on any atom is 0.260 e. The minimum absolute atomic E-state index is 0.0635. The molecule has 0 atom stereocenters. The van der Waals surface area contributed by atoms with Crippen LogP contribution in [0.1, 0.15) is 16.1 Å². The molecule has 0 amide bonds. The fraction of sp³-hybridized carbons (Fsp3) is 0.200. The number of aryl methyl sites for hydroxylation is 2. The lowest BCUT2D eigenvalue weighted by atomic mass is 10.0. The zero-order chi connectivity index (χ0) is 14.1. The quantitative estimate of drug-likeness (QED) is 0.739. The number of nitrogens with zero attached hydrogens (tertiary/aromatic N) is 2. The summed E-state index contributed by atoms with van der Waals surface area (Å²) in [7, 11) is 0. The standard InChI is InChI=1S/C15H14N2OS2/c1-10-7-12(14-9-19-11(2)16-14)3-4-13(10)8-17-15(18)5-6-20-17/h3-7,9H,8H2,1-2H3. The van der Waals surface area contributed by atoms with Gasteiger partial charge in [0.25, 0.3) is 5.56 Å². The highest BCUT2D eigenvalue weighted by molar-refractivity contribution is 7.09. The summed E-state index contributed by atoms with van der Waals surface area (Å²) in [5.74, 6) is 0. The summed E-state index contributed by atoms with van der Waals surface area (Å²) < 4.78 is 1.76. The highest BCUT2D eigenvalue weighted by Gasteiger charge is 2.06. The molecule has 0 radical (unpaired) electrons. The third kappa shape index (κ3) is 2.59. The van der Waals surface area contributed by atoms with Gasteiger partial charge in [-0.1, -0.05) is 23.7 Å². The van der Waals surface area contributed by atoms with E-state index in [1.54, 1.807) is 21.4 Å². The van der Waals surface area contributed by atoms with Gasteiger partial charge in [0.2, 0.25) is 0 Å². The monoisotopic (exact) mass is 302 g/mol. The molecule has 0 bridgehead atoms. The minimum Gasteiger partial charge on any atom is -0.268 e. The topological polar surface area (TPSA) is 34.9 Å². The second kappa shape index (κ2) is 5.34. The Bertz CT molecular complexity index is 798. The van der Waals surface area contributed by atoms with Gasteiger partial charge in [-0.2, -0.15) is 0 Å². The van der Waals surface area contributed by atoms with Gasteiger partial charge in [0.15, 0.2) is 0 Å². The number of hydrogen-bond acceptors (Lipinski definition) is 4. The van der Waals surface area contributed by atoms with Gasteiger partial charge < -0.3 is 0 Å². The predicted molar refractivity (Wildman–Crippen MR) is 84.7 cm³/mol. The van der Waals surface area contributed by atoms with Gasteiger partial charge in [0.05, 0.1) is 17.2 Å². The summed E-state index contributed by atoms with van der Waals surface area (Å²) in [6.07, 6.45) is 0. The van der Waals surface area contributed by atoms with E-state index in [1.165, 1.54) is 22.7 Å². The molecule has 0 aliphatic heterocycles. The molecule has 0 aliphatic carbocycles. The average Bonchev–Trinajstić information content (AvgIpc) is 3.02. The van der Waals surface area contributed by atoms with Crippen LogP contribution in [0.25, 0.3) is 11.3 Å². The van der Waals surface area contributed by atoms with Crippen LogP contribution >= 0.6 is 22.9 Å². The summed E-state index contributed by atoms with van der Waals surface area (Å²) in [6, 6.07) is 7.91. The molecule has 0 spiro atoms. The molecule has 2 aromatic heterocycles. The van der Waals surface area contributed by atoms with Gasteiger partial charge in [-0.05, 0) is 31.0 Å². The lowest BCUT2D eigenvalue weighted by Gasteiger charge is -2.07. The van der Waals surface area contributed by atoms with E-state index >= 15 is 0 Å². The molecule has 0 saturated carbocycles. The van der Waals surface area contributed by atoms with Crippen LogP contribution in [-0.2, 0) is 6.54 Å². The van der Waals surface area contributed by atoms with E-state index in [0.717, 1.165) is 16.3 Å². The third-order valence-corrected chi connectivity index (χ3v) is 4.81. The minimum atomic E-state index is 0.0635. The van der Waals surface area contributed by atoms with Crippen molar-refractivity contribution in [3.8, 4) is 11.3 Å². The normalized spacial score (nSPS) is 10.9. The Hall–Kier alpha value is -1.72. The molecule has 5 heteroatoms. The Morgan fingerprint density at radius 3 is 2.70 bits per heavy atom. The average molecular weight is 302 g/mol. The molecule has 3 rings (SSSR count). The summed E-state index contributed by atoms with van der Waals surface area (Å²) in [5, 5.41) is 4.98. The fourth-order valence-electron chi connectivity index (χ4n) is 2.10. The first-order valence-electron chi connectivity index (χ1n) is 6.30. The largest absolute Gasteiger partial charge is 0.268 e. The van der Waals surface area contributed by atoms with E-state index in [-0.39, 0.29) is 5.56 Å². The van der Waals surface area contributed by atoms with E-state index < -0.39 is 0 Å². The number of hydrogen-bond donors (Lipinski definition) is 0. The Kier molecular flexibility index (Phi) is 3.54. The van der Waals surface area contributed by atoms with E-state index in [4.69, 9.17) is 0 Å². The van der Waals surface area contributed by atoms with Crippen LogP contribution in [0, 0.1) is 13.8 Å². The molecule has 0 saturated heterocycles. The van der Waals surface area contributed by atoms with Crippen molar-refractivity contribution in [1.29, 1.82) is 0 Å². The molecule has 0 fully saturated rings. The Morgan fingerprint density at radius 1 is 1.25 bits per heavy atom. The van der Waals surface area contributed by atoms with Crippen molar-refractivity contribution in [2.45, 2.75) is 20.4 Å². The first-order chi connectivity index (χ1) is 9.63. The maximum absolute atomic E-state index is 11.6. The molecule has 3 nitrogen and oxygen atoms in total. The smallest absolute Gasteiger partial charge is 0.260 e. The van der Waals surface area contributed by atoms with Gasteiger partial charge >= 0.3 is 0 Å². The first-order valence-corrected chi connectivity index (χ1v) is 8.02. The molecular formula is C15H14N2OS2. The molecular weight excluding hydrogens is 288 g/mol. The lowest BCUT2D eigenvalue weighted by molar-refractivity contribution is 0.843. The fourth-order valence-corrected chi connectivity index (χ4v) is 3.42. The van der Waals surface area contributed by atoms with Gasteiger partial charge in [0.1, 0.15) is 0 Å². The molecule has 1 aromatic carbocycles. The van der Waals surface area contributed by atoms with Crippen molar-refractivity contribution in [1.82, 2.24) is 8.94 Å². The van der Waals surface area contributed by atoms with Gasteiger partial charge in [-0.3, -0.25) is 8.75 Å². The number of aromatic nitrogens is 2. The van der Waals surface area contributed by atoms with Crippen molar-refractivity contribution in [3.05, 3.63) is 61.5 Å². The van der Waals surface area contributed by atoms with Gasteiger partial charge in [-0.25, -0.2) is 4.98 Å². The van der Waals surface area contributed by atoms with Gasteiger partial charge in [0, 0.05) is 22.4 Å². The Balaban J connectivity index is 1.92. The summed E-state index contributed by atoms with van der Waals surface area (Å²) in [4.78, 5) is 16.1. The van der Waals surface area contributed by atoms with E-state index in [1.807, 2.05) is 12.3 Å². The third-order valence-electron chi connectivity index (χ3n) is 3.22. The van der Waals surface area contributed by atoms with Crippen LogP contribution in [0.15, 0.2) is 39.8 Å². The zero-order valence-corrected chi connectivity index (χ0v) is 12.9. The Morgan fingerprint density at radius 2 is 2.10 bits per heavy atom. The molecule has 0 N–H and O–H groups in total. The number of thiazole rings is 1. The summed E-state index contributed by atoms with van der Waals surface area (Å²) >= 11 is 3.11. The number of benzene rings is 1. The van der Waals surface area contributed by atoms with Crippen LogP contribution < -0.4 is 5.56 Å². The van der Waals surface area contributed by atoms with Crippen LogP contribution in [0.2, 0.25) is 0 Å². The van der Waals surface area contributed by atoms with Crippen LogP contribution in [0.3, 0.4) is 0 Å². The van der Waals surface area contributed by atoms with Crippen LogP contribution in [0.5, 0.6) is 0 Å². The SMILES string of the molecule is Cc1nc(-c2ccc(Cn3sccc3=O)c(C)c2)cs1. The van der Waals surface area contributed by atoms with E-state index in [9.17, 15) is 4.79 Å². The van der Waals surface area contributed by atoms with Crippen LogP contribution in [0.4, 0.5) is 0 Å². The first kappa shape index (κ1) is 13.3. The molecule has 20 heavy (non-hydrogen) atoms. The summed E-state index contributed by atoms with van der Waals surface area (Å²) in [5.41, 5.74) is 4.58. The zero-order valence-electron chi connectivity index (χ0n) is 11.3. The van der Waals surface area contributed by atoms with Crippen molar-refractivity contribution in [2.75, 3.05) is 0 Å². The highest BCUT2D eigenvalue weighted by Crippen LogP contribution is 2.24. The molecule has 0 unspecified atom stereocenters. The van der Waals surface area contributed by atoms with E-state index in [0.29, 0.717) is 6.54 Å². The molecule has 3 aromatic rings. The van der Waals surface area contributed by atoms with Crippen LogP contribution in [-0.4, -0.2) is 8.94 Å². The lowest BCUT2D eigenvalue weighted by Crippen LogP contribution is -2.13. The van der Waals surface area contributed by atoms with Gasteiger partial charge in [-0.15, -0.1) is 11.3 Å². The number of rotatable bonds is 3. The Labute approximate surface area is 125 Å². The van der Waals surface area contributed by atoms with Crippen molar-refractivity contribution in [3.63, 3.8) is 0 Å². The molecule has 2 heterocycles. The highest BCUT2D eigenvalue weighted by atomic mass is 32.1. The second-order valence-corrected chi connectivity index (χ2v) is 6.66. The maximum atomic E-state index is 11.6. The molecule has 102 valence electrons. The van der Waals surface area contributed by atoms with Crippen molar-refractivity contribution >= 4 is 22.9 Å². The molecule has 0 aliphatic rings. The second-order valence-electron chi connectivity index (χ2n) is 4.68. The summed E-state index contributed by atoms with van der Waals surface area (Å²) in [6.45, 7) is 4.73.